The van der Waals surface area contributed by atoms with E-state index >= 15 is 0 Å². The first kappa shape index (κ1) is 5.96. The van der Waals surface area contributed by atoms with E-state index in [-0.39, 0.29) is 11.3 Å². The van der Waals surface area contributed by atoms with Crippen molar-refractivity contribution in [3.8, 4) is 11.4 Å². The van der Waals surface area contributed by atoms with Crippen molar-refractivity contribution in [2.45, 2.75) is 0 Å². The molecule has 0 radical (unpaired) electrons. The lowest BCUT2D eigenvalue weighted by Crippen LogP contribution is -2.12. The van der Waals surface area contributed by atoms with E-state index in [1.54, 1.807) is 12.3 Å². The van der Waals surface area contributed by atoms with Crippen LogP contribution in [0.4, 0.5) is 0 Å². The molecule has 5 heteroatoms. The van der Waals surface area contributed by atoms with Gasteiger partial charge in [-0.05, 0) is 6.07 Å². The van der Waals surface area contributed by atoms with Gasteiger partial charge in [0.25, 0.3) is 0 Å². The van der Waals surface area contributed by atoms with Crippen molar-refractivity contribution < 1.29 is 0 Å². The molecule has 1 N–H and O–H groups in total. The van der Waals surface area contributed by atoms with Gasteiger partial charge in [-0.25, -0.2) is 4.98 Å². The first-order chi connectivity index (χ1) is 5.38. The number of aromatic amines is 1. The van der Waals surface area contributed by atoms with Crippen LogP contribution in [0.15, 0.2) is 23.4 Å². The predicted octanol–water partition coefficient (Wildman–Crippen LogP) is -0.335. The zero-order valence-corrected chi connectivity index (χ0v) is 5.48. The maximum absolute atomic E-state index is 10.9. The van der Waals surface area contributed by atoms with Crippen LogP contribution in [0.25, 0.3) is 11.4 Å². The highest BCUT2D eigenvalue weighted by Gasteiger charge is 2.06. The topological polar surface area (TPSA) is 71.5 Å². The van der Waals surface area contributed by atoms with Gasteiger partial charge in [0.05, 0.1) is 5.69 Å². The van der Waals surface area contributed by atoms with Gasteiger partial charge >= 0.3 is 5.56 Å². The highest BCUT2D eigenvalue weighted by molar-refractivity contribution is 5.51. The van der Waals surface area contributed by atoms with Crippen LogP contribution in [-0.2, 0) is 0 Å². The minimum atomic E-state index is -0.355. The van der Waals surface area contributed by atoms with Gasteiger partial charge in [-0.15, -0.1) is 0 Å². The van der Waals surface area contributed by atoms with Crippen molar-refractivity contribution in [1.82, 2.24) is 20.2 Å². The van der Waals surface area contributed by atoms with Crippen molar-refractivity contribution in [1.29, 1.82) is 0 Å². The number of H-pyrrole nitrogens is 1. The van der Waals surface area contributed by atoms with Crippen LogP contribution < -0.4 is 5.56 Å². The van der Waals surface area contributed by atoms with Crippen molar-refractivity contribution in [3.63, 3.8) is 0 Å². The molecule has 2 rings (SSSR count). The van der Waals surface area contributed by atoms with Gasteiger partial charge in [0.1, 0.15) is 6.33 Å². The molecule has 11 heavy (non-hydrogen) atoms. The molecular formula is C6H4N4O. The maximum Gasteiger partial charge on any atom is 0.301 e. The van der Waals surface area contributed by atoms with Gasteiger partial charge in [-0.1, -0.05) is 0 Å². The summed E-state index contributed by atoms with van der Waals surface area (Å²) in [7, 11) is 0. The third-order valence-electron chi connectivity index (χ3n) is 1.31. The molecule has 0 fully saturated rings. The Morgan fingerprint density at radius 3 is 3.09 bits per heavy atom. The molecule has 2 aliphatic rings. The van der Waals surface area contributed by atoms with Crippen LogP contribution in [0.3, 0.4) is 0 Å². The number of hydrogen-bond acceptors (Lipinski definition) is 4. The van der Waals surface area contributed by atoms with Crippen molar-refractivity contribution in [3.05, 3.63) is 28.9 Å². The maximum atomic E-state index is 10.9. The summed E-state index contributed by atoms with van der Waals surface area (Å²) in [6.45, 7) is 0. The Kier molecular flexibility index (Phi) is 1.15. The van der Waals surface area contributed by atoms with Gasteiger partial charge in [0.2, 0.25) is 0 Å². The molecule has 2 aliphatic heterocycles. The largest absolute Gasteiger partial charge is 0.301 e. The summed E-state index contributed by atoms with van der Waals surface area (Å²) >= 11 is 0. The monoisotopic (exact) mass is 148 g/mol. The molecule has 0 spiro atoms. The predicted molar refractivity (Wildman–Crippen MR) is 37.1 cm³/mol. The standard InChI is InChI=1S/C6H4N4O/c11-6-5-4(7-3-8-6)1-2-9-10-5/h1-3,9H. The molecule has 0 aromatic carbocycles. The SMILES string of the molecule is O=c1ncnc2cc[nH]nc1-2. The molecule has 0 saturated heterocycles. The summed E-state index contributed by atoms with van der Waals surface area (Å²) < 4.78 is 0. The highest BCUT2D eigenvalue weighted by atomic mass is 16.1. The molecule has 0 aromatic heterocycles. The molecule has 0 unspecified atom stereocenters. The summed E-state index contributed by atoms with van der Waals surface area (Å²) in [4.78, 5) is 18.3. The lowest BCUT2D eigenvalue weighted by Gasteiger charge is -1.96. The van der Waals surface area contributed by atoms with Crippen LogP contribution in [-0.4, -0.2) is 20.2 Å². The minimum absolute atomic E-state index is 0.273. The van der Waals surface area contributed by atoms with Gasteiger partial charge in [0, 0.05) is 6.20 Å². The quantitative estimate of drug-likeness (QED) is 0.555. The van der Waals surface area contributed by atoms with Crippen molar-refractivity contribution >= 4 is 0 Å². The first-order valence-corrected chi connectivity index (χ1v) is 3.03. The molecule has 0 amide bonds. The third-order valence-corrected chi connectivity index (χ3v) is 1.31. The van der Waals surface area contributed by atoms with E-state index < -0.39 is 0 Å². The number of rotatable bonds is 0. The Balaban J connectivity index is 2.90. The summed E-state index contributed by atoms with van der Waals surface area (Å²) in [6, 6.07) is 1.67. The second-order valence-electron chi connectivity index (χ2n) is 1.99. The van der Waals surface area contributed by atoms with Gasteiger partial charge in [0.15, 0.2) is 5.69 Å². The normalized spacial score (nSPS) is 10.2. The number of nitrogens with zero attached hydrogens (tertiary/aromatic N) is 3. The molecule has 0 saturated carbocycles. The summed E-state index contributed by atoms with van der Waals surface area (Å²) in [5, 5.41) is 6.26. The fourth-order valence-corrected chi connectivity index (χ4v) is 0.820. The number of fused-ring (bicyclic) bond motifs is 1. The molecule has 5 nitrogen and oxygen atoms in total. The highest BCUT2D eigenvalue weighted by Crippen LogP contribution is 2.05. The summed E-state index contributed by atoms with van der Waals surface area (Å²) in [5.41, 5.74) is 0.477. The summed E-state index contributed by atoms with van der Waals surface area (Å²) in [5.74, 6) is 0. The number of nitrogens with one attached hydrogen (secondary N) is 1. The zero-order valence-electron chi connectivity index (χ0n) is 5.48. The van der Waals surface area contributed by atoms with Crippen LogP contribution in [0.1, 0.15) is 0 Å². The van der Waals surface area contributed by atoms with Gasteiger partial charge in [-0.3, -0.25) is 9.89 Å². The van der Waals surface area contributed by atoms with E-state index in [1.165, 1.54) is 6.33 Å². The Morgan fingerprint density at radius 2 is 2.27 bits per heavy atom. The van der Waals surface area contributed by atoms with E-state index in [2.05, 4.69) is 20.2 Å². The molecule has 2 heterocycles. The second kappa shape index (κ2) is 2.12. The Morgan fingerprint density at radius 1 is 1.36 bits per heavy atom. The fraction of sp³-hybridized carbons (Fsp3) is 0. The average molecular weight is 148 g/mol. The molecule has 0 aliphatic carbocycles. The molecule has 54 valence electrons. The van der Waals surface area contributed by atoms with E-state index in [0.717, 1.165) is 0 Å². The van der Waals surface area contributed by atoms with Crippen LogP contribution >= 0.6 is 0 Å². The van der Waals surface area contributed by atoms with E-state index in [0.29, 0.717) is 5.69 Å². The summed E-state index contributed by atoms with van der Waals surface area (Å²) in [6.07, 6.45) is 2.83. The second-order valence-corrected chi connectivity index (χ2v) is 1.99. The molecular weight excluding hydrogens is 144 g/mol. The zero-order chi connectivity index (χ0) is 7.68. The smallest absolute Gasteiger partial charge is 0.285 e. The molecule has 0 aromatic rings. The Labute approximate surface area is 61.5 Å². The van der Waals surface area contributed by atoms with E-state index in [1.807, 2.05) is 0 Å². The van der Waals surface area contributed by atoms with E-state index in [4.69, 9.17) is 0 Å². The number of aromatic nitrogens is 4. The van der Waals surface area contributed by atoms with Crippen molar-refractivity contribution in [2.75, 3.05) is 0 Å². The molecule has 0 atom stereocenters. The van der Waals surface area contributed by atoms with Crippen LogP contribution in [0.5, 0.6) is 0 Å². The van der Waals surface area contributed by atoms with E-state index in [9.17, 15) is 4.79 Å². The third kappa shape index (κ3) is 0.861. The lowest BCUT2D eigenvalue weighted by molar-refractivity contribution is 0.976. The van der Waals surface area contributed by atoms with Crippen LogP contribution in [0, 0.1) is 0 Å². The Bertz CT molecular complexity index is 396. The molecule has 0 bridgehead atoms. The lowest BCUT2D eigenvalue weighted by atomic mass is 10.3. The fourth-order valence-electron chi connectivity index (χ4n) is 0.820. The van der Waals surface area contributed by atoms with Gasteiger partial charge < -0.3 is 0 Å². The average Bonchev–Trinajstić information content (AvgIpc) is 2.06. The minimum Gasteiger partial charge on any atom is -0.285 e. The van der Waals surface area contributed by atoms with Crippen molar-refractivity contribution in [2.24, 2.45) is 0 Å². The number of hydrogen-bond donors (Lipinski definition) is 1. The van der Waals surface area contributed by atoms with Gasteiger partial charge in [-0.2, -0.15) is 10.1 Å². The Hall–Kier alpha value is -1.78. The first-order valence-electron chi connectivity index (χ1n) is 3.03. The van der Waals surface area contributed by atoms with Crippen LogP contribution in [0.2, 0.25) is 0 Å².